The van der Waals surface area contributed by atoms with Gasteiger partial charge in [-0.15, -0.1) is 0 Å². The van der Waals surface area contributed by atoms with E-state index in [-0.39, 0.29) is 171 Å². The summed E-state index contributed by atoms with van der Waals surface area (Å²) < 4.78 is 61.9. The van der Waals surface area contributed by atoms with Crippen molar-refractivity contribution in [2.24, 2.45) is 133 Å². The molecule has 26 nitrogen and oxygen atoms in total. The van der Waals surface area contributed by atoms with E-state index in [0.717, 1.165) is 145 Å². The van der Waals surface area contributed by atoms with E-state index in [1.807, 2.05) is 138 Å². The summed E-state index contributed by atoms with van der Waals surface area (Å²) in [5, 5.41) is 53.2. The molecule has 26 heteroatoms. The summed E-state index contributed by atoms with van der Waals surface area (Å²) in [6, 6.07) is 0. The highest BCUT2D eigenvalue weighted by atomic mass is 16.7. The molecule has 4 heterocycles. The molecule has 0 aromatic heterocycles. The van der Waals surface area contributed by atoms with Gasteiger partial charge in [0.1, 0.15) is 52.4 Å². The quantitative estimate of drug-likeness (QED) is 0.0397. The summed E-state index contributed by atoms with van der Waals surface area (Å²) in [7, 11) is 0. The van der Waals surface area contributed by atoms with Gasteiger partial charge in [-0.3, -0.25) is 47.9 Å². The smallest absolute Gasteiger partial charge is 0.312 e. The summed E-state index contributed by atoms with van der Waals surface area (Å²) in [5.41, 5.74) is -8.64. The van der Waals surface area contributed by atoms with Crippen molar-refractivity contribution < 1.29 is 126 Å². The molecule has 14 atom stereocenters. The van der Waals surface area contributed by atoms with Gasteiger partial charge >= 0.3 is 59.7 Å². The van der Waals surface area contributed by atoms with E-state index < -0.39 is 61.6 Å². The van der Waals surface area contributed by atoms with Crippen LogP contribution in [0.4, 0.5) is 0 Å². The summed E-state index contributed by atoms with van der Waals surface area (Å²) in [5.74, 6) is 7.06. The van der Waals surface area contributed by atoms with Crippen molar-refractivity contribution in [1.82, 2.24) is 0 Å². The molecule has 147 heavy (non-hydrogen) atoms. The van der Waals surface area contributed by atoms with E-state index in [0.29, 0.717) is 87.4 Å². The van der Waals surface area contributed by atoms with Crippen molar-refractivity contribution >= 4 is 59.7 Å². The lowest BCUT2D eigenvalue weighted by Crippen LogP contribution is -2.67. The first kappa shape index (κ1) is 119. The van der Waals surface area contributed by atoms with E-state index in [1.54, 1.807) is 0 Å². The van der Waals surface area contributed by atoms with Crippen LogP contribution in [0.25, 0.3) is 0 Å². The molecule has 0 radical (unpaired) electrons. The van der Waals surface area contributed by atoms with Gasteiger partial charge in [-0.2, -0.15) is 0 Å². The lowest BCUT2D eigenvalue weighted by atomic mass is 9.46. The third-order valence-corrected chi connectivity index (χ3v) is 41.7. The van der Waals surface area contributed by atoms with Crippen molar-refractivity contribution in [2.75, 3.05) is 6.61 Å². The van der Waals surface area contributed by atoms with Crippen LogP contribution in [0.15, 0.2) is 0 Å². The fourth-order valence-electron chi connectivity index (χ4n) is 31.0. The number of hydrogen-bond donors (Lipinski definition) is 5. The van der Waals surface area contributed by atoms with Crippen molar-refractivity contribution in [1.29, 1.82) is 0 Å². The van der Waals surface area contributed by atoms with Gasteiger partial charge in [0.2, 0.25) is 0 Å². The highest BCUT2D eigenvalue weighted by Gasteiger charge is 2.70. The summed E-state index contributed by atoms with van der Waals surface area (Å²) in [6.07, 6.45) is 38.3. The minimum atomic E-state index is -0.842. The van der Waals surface area contributed by atoms with Crippen molar-refractivity contribution in [3.63, 3.8) is 0 Å². The first-order valence-electron chi connectivity index (χ1n) is 58.4. The molecule has 25 fully saturated rings. The number of hydrogen-bond acceptors (Lipinski definition) is 26. The molecule has 5 N–H and O–H groups in total. The number of cyclic esters (lactones) is 1. The fourth-order valence-corrected chi connectivity index (χ4v) is 31.0. The first-order chi connectivity index (χ1) is 67.9. The molecule has 25 rings (SSSR count). The number of esters is 10. The number of carbonyl (C=O) groups is 10. The predicted molar refractivity (Wildman–Crippen MR) is 557 cm³/mol. The molecule has 0 amide bonds. The van der Waals surface area contributed by atoms with E-state index >= 15 is 0 Å². The molecule has 0 aromatic carbocycles. The van der Waals surface area contributed by atoms with Crippen LogP contribution in [0.2, 0.25) is 0 Å². The van der Waals surface area contributed by atoms with Gasteiger partial charge in [0.25, 0.3) is 0 Å². The molecular formula is C121H198O26. The van der Waals surface area contributed by atoms with Gasteiger partial charge in [-0.05, 0) is 407 Å². The molecule has 21 saturated carbocycles. The van der Waals surface area contributed by atoms with Crippen LogP contribution in [-0.2, 0) is 100 Å². The van der Waals surface area contributed by atoms with Crippen molar-refractivity contribution in [2.45, 2.75) is 562 Å². The number of fused-ring (bicyclic) bond motifs is 1. The van der Waals surface area contributed by atoms with Gasteiger partial charge < -0.3 is 77.6 Å². The maximum Gasteiger partial charge on any atom is 0.312 e. The summed E-state index contributed by atoms with van der Waals surface area (Å²) in [6.45, 7) is 56.2. The Kier molecular flexibility index (Phi) is 35.1. The zero-order valence-electron chi connectivity index (χ0n) is 96.0. The topological polar surface area (TPSA) is 373 Å². The van der Waals surface area contributed by atoms with Gasteiger partial charge in [0.15, 0.2) is 12.2 Å². The van der Waals surface area contributed by atoms with Crippen LogP contribution in [0.5, 0.6) is 0 Å². The second kappa shape index (κ2) is 43.5. The zero-order valence-corrected chi connectivity index (χ0v) is 96.0. The molecule has 21 aliphatic carbocycles. The Morgan fingerprint density at radius 3 is 1.14 bits per heavy atom. The molecule has 4 aliphatic heterocycles. The molecule has 14 unspecified atom stereocenters. The number of ether oxygens (including phenoxy) is 11. The summed E-state index contributed by atoms with van der Waals surface area (Å²) in [4.78, 5) is 120. The Balaban J connectivity index is 0.000000141. The lowest BCUT2D eigenvalue weighted by Gasteiger charge is -2.62. The molecule has 0 spiro atoms. The standard InChI is InChI=1S/C19H32O2.C17H28O2.2C16H26O4.C16H30O2.C15H24O3.C12H16O5.C10H16O4/c1-6-17(2,3)16(20)21-18(4,5)19-10-13-7-14(11-19)9-15(8-13)12-19;1-5-16(2,3)15(18)19-17(4)13-7-11-6-12(9-13)10-14(17)8-11;2*1-4-13(2,3)12(17)20-16-7-11-5-14(18,9-16)8-15(19,6-11)10-16;1-7-15(3,4)14(17)18-16(5,6)13-10-8-12(2)9-11-13;1-3-10(2)13(16)18-15-7-11-4-12(8-15)6-14(17,5-11)9-15;1-3-5(2)11(13)16-9-7-4-6-8(15-7)10(9)17-12(6)14;1-4-10(2,3)9(12)14-7-5-8(11)13-6-7/h13-15H,6-12H2,1-5H3;11-14H,5-10H2,1-4H3;2*11,18-19H,4-10H2,1-3H3;12-13H,7-11H2,1-6H3;10-12,17H,3-9H2,1-2H3;5-10H,3-4H2,1-2H3;7H,4-6H2,1-3H3. The highest BCUT2D eigenvalue weighted by molar-refractivity contribution is 5.81. The largest absolute Gasteiger partial charge is 0.462 e. The SMILES string of the molecule is CCC(C)(C)C(=O)OC(C)(C)C12CC3CC(CC(C3)C1)C2.CCC(C)(C)C(=O)OC(C)(C)C1CCC(C)CC1.CCC(C)(C)C(=O)OC1(C)C2CC3CC(C2)CC1C3.CCC(C)(C)C(=O)OC12CC3CC(O)(CC(O)(C3)C1)C2.CCC(C)(C)C(=O)OC12CC3CC(O)(CC(O)(C3)C1)C2.CCC(C)(C)C(=O)OC1COC(=O)C1.CCC(C)C(=O)OC12CC3CC(CC(O)(C3)C1)C2.CCC(C)C(=O)OC1C2CC3C(=O)OC1C3O2. The molecular weight excluding hydrogens is 1870 g/mol. The van der Waals surface area contributed by atoms with E-state index in [1.165, 1.54) is 103 Å². The van der Waals surface area contributed by atoms with Crippen LogP contribution >= 0.6 is 0 Å². The molecule has 22 bridgehead atoms. The average Bonchev–Trinajstić information content (AvgIpc) is 1.39. The zero-order chi connectivity index (χ0) is 109. The van der Waals surface area contributed by atoms with Crippen molar-refractivity contribution in [3.8, 4) is 0 Å². The van der Waals surface area contributed by atoms with Crippen LogP contribution in [0, 0.1) is 133 Å². The van der Waals surface area contributed by atoms with Crippen LogP contribution in [0.1, 0.15) is 470 Å². The van der Waals surface area contributed by atoms with E-state index in [9.17, 15) is 73.5 Å². The van der Waals surface area contributed by atoms with E-state index in [2.05, 4.69) is 55.4 Å². The van der Waals surface area contributed by atoms with Gasteiger partial charge in [0.05, 0.1) is 90.8 Å². The maximum absolute atomic E-state index is 12.6. The molecule has 838 valence electrons. The Hall–Kier alpha value is -5.54. The van der Waals surface area contributed by atoms with Crippen molar-refractivity contribution in [3.05, 3.63) is 0 Å². The Morgan fingerprint density at radius 2 is 0.748 bits per heavy atom. The minimum Gasteiger partial charge on any atom is -0.462 e. The Morgan fingerprint density at radius 1 is 0.381 bits per heavy atom. The third kappa shape index (κ3) is 26.4. The second-order valence-electron chi connectivity index (χ2n) is 57.5. The number of carbonyl (C=O) groups excluding carboxylic acids is 10. The monoisotopic (exact) mass is 2070 g/mol. The number of rotatable bonds is 26. The fraction of sp³-hybridized carbons (Fsp3) is 0.917. The minimum absolute atomic E-state index is 0.00857. The van der Waals surface area contributed by atoms with Gasteiger partial charge in [-0.25, -0.2) is 0 Å². The Bertz CT molecular complexity index is 4470. The molecule has 0 aromatic rings. The third-order valence-electron chi connectivity index (χ3n) is 41.7. The normalized spacial score (nSPS) is 40.0. The summed E-state index contributed by atoms with van der Waals surface area (Å²) >= 11 is 0. The Labute approximate surface area is 881 Å². The van der Waals surface area contributed by atoms with Gasteiger partial charge in [0, 0.05) is 50.4 Å². The lowest BCUT2D eigenvalue weighted by molar-refractivity contribution is -0.265. The predicted octanol–water partition coefficient (Wildman–Crippen LogP) is 22.6. The van der Waals surface area contributed by atoms with Gasteiger partial charge in [-0.1, -0.05) is 89.0 Å². The average molecular weight is 2070 g/mol. The van der Waals surface area contributed by atoms with Crippen LogP contribution in [0.3, 0.4) is 0 Å². The van der Waals surface area contributed by atoms with Crippen LogP contribution < -0.4 is 0 Å². The highest BCUT2D eigenvalue weighted by Crippen LogP contribution is 2.68. The van der Waals surface area contributed by atoms with E-state index in [4.69, 9.17) is 52.1 Å². The maximum atomic E-state index is 12.6. The molecule has 4 saturated heterocycles. The second-order valence-corrected chi connectivity index (χ2v) is 57.5. The number of aliphatic hydroxyl groups is 5. The molecule has 25 aliphatic rings. The van der Waals surface area contributed by atoms with Crippen LogP contribution in [-0.4, -0.2) is 184 Å². The first-order valence-corrected chi connectivity index (χ1v) is 58.4.